The Morgan fingerprint density at radius 2 is 1.77 bits per heavy atom. The molecule has 0 saturated carbocycles. The molecule has 2 amide bonds. The Hall–Kier alpha value is -3.62. The van der Waals surface area contributed by atoms with Gasteiger partial charge in [0, 0.05) is 35.8 Å². The normalized spacial score (nSPS) is 11.1. The second-order valence-corrected chi connectivity index (χ2v) is 7.07. The lowest BCUT2D eigenvalue weighted by Crippen LogP contribution is -2.33. The van der Waals surface area contributed by atoms with Crippen LogP contribution >= 0.6 is 23.2 Å². The highest BCUT2D eigenvalue weighted by molar-refractivity contribution is 6.36. The second-order valence-electron chi connectivity index (χ2n) is 6.22. The van der Waals surface area contributed by atoms with E-state index in [9.17, 15) is 19.7 Å². The van der Waals surface area contributed by atoms with E-state index < -0.39 is 16.7 Å². The van der Waals surface area contributed by atoms with Crippen molar-refractivity contribution in [2.45, 2.75) is 0 Å². The van der Waals surface area contributed by atoms with Crippen LogP contribution in [0.1, 0.15) is 16.1 Å². The highest BCUT2D eigenvalue weighted by atomic mass is 35.5. The van der Waals surface area contributed by atoms with Gasteiger partial charge in [-0.05, 0) is 42.5 Å². The summed E-state index contributed by atoms with van der Waals surface area (Å²) in [5.74, 6) is -0.427. The van der Waals surface area contributed by atoms with Crippen molar-refractivity contribution in [3.05, 3.63) is 91.8 Å². The Balaban J connectivity index is 1.86. The third-order valence-corrected chi connectivity index (χ3v) is 4.72. The number of halogens is 2. The molecule has 0 unspecified atom stereocenters. The summed E-state index contributed by atoms with van der Waals surface area (Å²) in [4.78, 5) is 35.1. The second kappa shape index (κ2) is 9.46. The molecule has 0 saturated heterocycles. The number of rotatable bonds is 6. The average molecular weight is 460 g/mol. The van der Waals surface area contributed by atoms with Crippen LogP contribution in [-0.2, 0) is 4.79 Å². The van der Waals surface area contributed by atoms with Crippen LogP contribution in [0.2, 0.25) is 10.0 Å². The van der Waals surface area contributed by atoms with Gasteiger partial charge in [0.25, 0.3) is 17.5 Å². The van der Waals surface area contributed by atoms with Crippen molar-refractivity contribution < 1.29 is 18.9 Å². The number of nitrogens with one attached hydrogen (secondary N) is 2. The lowest BCUT2D eigenvalue weighted by molar-refractivity contribution is -0.384. The van der Waals surface area contributed by atoms with Gasteiger partial charge in [-0.2, -0.15) is 0 Å². The molecule has 0 aliphatic carbocycles. The maximum absolute atomic E-state index is 12.6. The predicted molar refractivity (Wildman–Crippen MR) is 117 cm³/mol. The Morgan fingerprint density at radius 3 is 2.39 bits per heavy atom. The molecule has 31 heavy (non-hydrogen) atoms. The number of amides is 2. The summed E-state index contributed by atoms with van der Waals surface area (Å²) < 4.78 is 5.70. The number of non-ortho nitro benzene ring substituents is 1. The van der Waals surface area contributed by atoms with Crippen molar-refractivity contribution in [1.29, 1.82) is 0 Å². The van der Waals surface area contributed by atoms with Crippen molar-refractivity contribution in [2.75, 3.05) is 7.05 Å². The zero-order valence-corrected chi connectivity index (χ0v) is 17.5. The third-order valence-electron chi connectivity index (χ3n) is 4.17. The molecule has 0 atom stereocenters. The standard InChI is InChI=1S/C21H15Cl2N3O5/c1-24-21(28)18(25-20(27)16-8-4-13(22)10-17(16)23)11-15-7-9-19(31-15)12-2-5-14(6-3-12)26(29)30/h2-11H,1H3,(H,24,28)(H,25,27)/b18-11-. The number of benzene rings is 2. The number of furan rings is 1. The Kier molecular flexibility index (Phi) is 6.74. The maximum Gasteiger partial charge on any atom is 0.269 e. The first-order valence-electron chi connectivity index (χ1n) is 8.83. The van der Waals surface area contributed by atoms with Crippen molar-refractivity contribution in [1.82, 2.24) is 10.6 Å². The molecule has 0 aliphatic rings. The lowest BCUT2D eigenvalue weighted by Gasteiger charge is -2.09. The first-order valence-corrected chi connectivity index (χ1v) is 9.59. The summed E-state index contributed by atoms with van der Waals surface area (Å²) in [5.41, 5.74) is 0.652. The van der Waals surface area contributed by atoms with E-state index in [-0.39, 0.29) is 27.7 Å². The molecule has 0 aliphatic heterocycles. The van der Waals surface area contributed by atoms with E-state index in [0.717, 1.165) is 0 Å². The highest BCUT2D eigenvalue weighted by Gasteiger charge is 2.17. The minimum absolute atomic E-state index is 0.0408. The molecule has 0 fully saturated rings. The number of likely N-dealkylation sites (N-methyl/N-ethyl adjacent to an activating group) is 1. The molecule has 8 nitrogen and oxygen atoms in total. The van der Waals surface area contributed by atoms with Crippen LogP contribution in [0.4, 0.5) is 5.69 Å². The van der Waals surface area contributed by atoms with Crippen LogP contribution in [0.5, 0.6) is 0 Å². The molecular formula is C21H15Cl2N3O5. The van der Waals surface area contributed by atoms with E-state index >= 15 is 0 Å². The predicted octanol–water partition coefficient (Wildman–Crippen LogP) is 4.68. The van der Waals surface area contributed by atoms with Crippen molar-refractivity contribution in [3.8, 4) is 11.3 Å². The largest absolute Gasteiger partial charge is 0.457 e. The van der Waals surface area contributed by atoms with Crippen molar-refractivity contribution >= 4 is 46.8 Å². The molecule has 1 aromatic heterocycles. The summed E-state index contributed by atoms with van der Waals surface area (Å²) in [6.07, 6.45) is 1.36. The fourth-order valence-electron chi connectivity index (χ4n) is 2.63. The van der Waals surface area contributed by atoms with Gasteiger partial charge in [-0.25, -0.2) is 0 Å². The summed E-state index contributed by atoms with van der Waals surface area (Å²) in [6.45, 7) is 0. The van der Waals surface area contributed by atoms with Gasteiger partial charge in [-0.1, -0.05) is 23.2 Å². The molecule has 0 radical (unpaired) electrons. The summed E-state index contributed by atoms with van der Waals surface area (Å²) in [5, 5.41) is 16.2. The molecule has 3 aromatic rings. The van der Waals surface area contributed by atoms with Crippen LogP contribution in [0.3, 0.4) is 0 Å². The Morgan fingerprint density at radius 1 is 1.06 bits per heavy atom. The molecule has 3 rings (SSSR count). The van der Waals surface area contributed by atoms with Gasteiger partial charge in [0.2, 0.25) is 0 Å². The van der Waals surface area contributed by atoms with E-state index in [4.69, 9.17) is 27.6 Å². The summed E-state index contributed by atoms with van der Waals surface area (Å²) >= 11 is 11.9. The van der Waals surface area contributed by atoms with Gasteiger partial charge < -0.3 is 15.1 Å². The molecule has 0 bridgehead atoms. The van der Waals surface area contributed by atoms with Gasteiger partial charge >= 0.3 is 0 Å². The first kappa shape index (κ1) is 22.1. The van der Waals surface area contributed by atoms with E-state index in [1.807, 2.05) is 0 Å². The monoisotopic (exact) mass is 459 g/mol. The Labute approximate surface area is 186 Å². The van der Waals surface area contributed by atoms with E-state index in [1.165, 1.54) is 43.5 Å². The molecule has 2 aromatic carbocycles. The van der Waals surface area contributed by atoms with Gasteiger partial charge in [-0.3, -0.25) is 19.7 Å². The van der Waals surface area contributed by atoms with Crippen molar-refractivity contribution in [3.63, 3.8) is 0 Å². The van der Waals surface area contributed by atoms with Gasteiger partial charge in [0.05, 0.1) is 15.5 Å². The number of hydrogen-bond donors (Lipinski definition) is 2. The Bertz CT molecular complexity index is 1190. The van der Waals surface area contributed by atoms with Crippen molar-refractivity contribution in [2.24, 2.45) is 0 Å². The summed E-state index contributed by atoms with van der Waals surface area (Å²) in [6, 6.07) is 13.4. The highest BCUT2D eigenvalue weighted by Crippen LogP contribution is 2.26. The quantitative estimate of drug-likeness (QED) is 0.315. The molecular weight excluding hydrogens is 445 g/mol. The van der Waals surface area contributed by atoms with Gasteiger partial charge in [-0.15, -0.1) is 0 Å². The third kappa shape index (κ3) is 5.30. The molecule has 10 heteroatoms. The number of nitro benzene ring substituents is 1. The smallest absolute Gasteiger partial charge is 0.269 e. The fourth-order valence-corrected chi connectivity index (χ4v) is 3.13. The van der Waals surface area contributed by atoms with E-state index in [0.29, 0.717) is 16.3 Å². The van der Waals surface area contributed by atoms with Crippen LogP contribution < -0.4 is 10.6 Å². The molecule has 0 spiro atoms. The van der Waals surface area contributed by atoms with Crippen LogP contribution in [-0.4, -0.2) is 23.8 Å². The minimum Gasteiger partial charge on any atom is -0.457 e. The molecule has 1 heterocycles. The van der Waals surface area contributed by atoms with E-state index in [2.05, 4.69) is 10.6 Å². The topological polar surface area (TPSA) is 114 Å². The van der Waals surface area contributed by atoms with Crippen LogP contribution in [0.15, 0.2) is 64.7 Å². The van der Waals surface area contributed by atoms with Crippen LogP contribution in [0, 0.1) is 10.1 Å². The zero-order valence-electron chi connectivity index (χ0n) is 16.0. The maximum atomic E-state index is 12.6. The van der Waals surface area contributed by atoms with Crippen LogP contribution in [0.25, 0.3) is 17.4 Å². The minimum atomic E-state index is -0.598. The number of carbonyl (C=O) groups excluding carboxylic acids is 2. The first-order chi connectivity index (χ1) is 14.8. The number of carbonyl (C=O) groups is 2. The zero-order chi connectivity index (χ0) is 22.5. The summed E-state index contributed by atoms with van der Waals surface area (Å²) in [7, 11) is 1.42. The van der Waals surface area contributed by atoms with E-state index in [1.54, 1.807) is 24.3 Å². The SMILES string of the molecule is CNC(=O)/C(=C/c1ccc(-c2ccc([N+](=O)[O-])cc2)o1)NC(=O)c1ccc(Cl)cc1Cl. The number of nitrogens with zero attached hydrogens (tertiary/aromatic N) is 1. The number of hydrogen-bond acceptors (Lipinski definition) is 5. The van der Waals surface area contributed by atoms with Gasteiger partial charge in [0.1, 0.15) is 17.2 Å². The fraction of sp³-hybridized carbons (Fsp3) is 0.0476. The number of nitro groups is 1. The molecule has 158 valence electrons. The average Bonchev–Trinajstić information content (AvgIpc) is 3.21. The van der Waals surface area contributed by atoms with Gasteiger partial charge in [0.15, 0.2) is 0 Å². The molecule has 2 N–H and O–H groups in total. The lowest BCUT2D eigenvalue weighted by atomic mass is 10.1.